The zero-order valence-corrected chi connectivity index (χ0v) is 14.7. The molecular weight excluding hydrogens is 320 g/mol. The number of methoxy groups -OCH3 is 1. The molecule has 2 heterocycles. The molecule has 1 fully saturated rings. The summed E-state index contributed by atoms with van der Waals surface area (Å²) in [4.78, 5) is 27.3. The molecule has 1 aliphatic heterocycles. The zero-order valence-electron chi connectivity index (χ0n) is 14.7. The number of amides is 1. The van der Waals surface area contributed by atoms with Crippen LogP contribution in [0.5, 0.6) is 5.75 Å². The number of ether oxygens (including phenoxy) is 1. The smallest absolute Gasteiger partial charge is 0.259 e. The molecule has 0 saturated carbocycles. The van der Waals surface area contributed by atoms with Crippen molar-refractivity contribution in [2.75, 3.05) is 20.2 Å². The predicted molar refractivity (Wildman–Crippen MR) is 91.9 cm³/mol. The average molecular weight is 342 g/mol. The van der Waals surface area contributed by atoms with E-state index < -0.39 is 0 Å². The van der Waals surface area contributed by atoms with E-state index in [2.05, 4.69) is 5.16 Å². The highest BCUT2D eigenvalue weighted by atomic mass is 16.5. The third-order valence-corrected chi connectivity index (χ3v) is 4.70. The number of Topliss-reactive ketones (excluding diaryl/α,β-unsaturated/α-hetero) is 1. The van der Waals surface area contributed by atoms with Crippen molar-refractivity contribution in [3.63, 3.8) is 0 Å². The lowest BCUT2D eigenvalue weighted by atomic mass is 9.89. The minimum absolute atomic E-state index is 0.0684. The fourth-order valence-corrected chi connectivity index (χ4v) is 3.31. The lowest BCUT2D eigenvalue weighted by Gasteiger charge is -2.32. The van der Waals surface area contributed by atoms with Gasteiger partial charge in [0, 0.05) is 24.6 Å². The molecule has 1 atom stereocenters. The van der Waals surface area contributed by atoms with Crippen LogP contribution in [0.4, 0.5) is 0 Å². The molecule has 1 saturated heterocycles. The van der Waals surface area contributed by atoms with Crippen LogP contribution in [-0.4, -0.2) is 41.9 Å². The Morgan fingerprint density at radius 2 is 1.96 bits per heavy atom. The van der Waals surface area contributed by atoms with Crippen molar-refractivity contribution >= 4 is 11.7 Å². The lowest BCUT2D eigenvalue weighted by Crippen LogP contribution is -2.42. The Hall–Kier alpha value is -2.63. The molecule has 1 aromatic heterocycles. The molecule has 132 valence electrons. The van der Waals surface area contributed by atoms with Crippen LogP contribution in [0.3, 0.4) is 0 Å². The second kappa shape index (κ2) is 7.09. The molecule has 6 heteroatoms. The van der Waals surface area contributed by atoms with Gasteiger partial charge in [0.05, 0.1) is 12.8 Å². The van der Waals surface area contributed by atoms with Crippen molar-refractivity contribution < 1.29 is 18.8 Å². The highest BCUT2D eigenvalue weighted by molar-refractivity contribution is 6.00. The quantitative estimate of drug-likeness (QED) is 0.799. The summed E-state index contributed by atoms with van der Waals surface area (Å²) in [5.41, 5.74) is 1.75. The highest BCUT2D eigenvalue weighted by Gasteiger charge is 2.31. The Labute approximate surface area is 146 Å². The molecule has 0 bridgehead atoms. The van der Waals surface area contributed by atoms with Gasteiger partial charge in [0.1, 0.15) is 17.1 Å². The first kappa shape index (κ1) is 17.2. The van der Waals surface area contributed by atoms with Crippen molar-refractivity contribution in [2.24, 2.45) is 5.92 Å². The first-order valence-corrected chi connectivity index (χ1v) is 8.41. The van der Waals surface area contributed by atoms with Crippen LogP contribution in [0.25, 0.3) is 0 Å². The van der Waals surface area contributed by atoms with Crippen LogP contribution in [-0.2, 0) is 0 Å². The van der Waals surface area contributed by atoms with Crippen LogP contribution in [0.15, 0.2) is 28.8 Å². The third kappa shape index (κ3) is 3.43. The van der Waals surface area contributed by atoms with Gasteiger partial charge in [-0.1, -0.05) is 5.16 Å². The van der Waals surface area contributed by atoms with Crippen molar-refractivity contribution in [3.05, 3.63) is 46.8 Å². The molecule has 0 aliphatic carbocycles. The number of aromatic nitrogens is 1. The summed E-state index contributed by atoms with van der Waals surface area (Å²) in [5, 5.41) is 3.85. The van der Waals surface area contributed by atoms with Crippen LogP contribution in [0.1, 0.15) is 45.0 Å². The number of nitrogens with zero attached hydrogens (tertiary/aromatic N) is 2. The summed E-state index contributed by atoms with van der Waals surface area (Å²) < 4.78 is 10.2. The average Bonchev–Trinajstić information content (AvgIpc) is 2.99. The Morgan fingerprint density at radius 1 is 1.24 bits per heavy atom. The van der Waals surface area contributed by atoms with Gasteiger partial charge in [-0.2, -0.15) is 0 Å². The molecule has 25 heavy (non-hydrogen) atoms. The molecule has 3 rings (SSSR count). The predicted octanol–water partition coefficient (Wildman–Crippen LogP) is 3.04. The fraction of sp³-hybridized carbons (Fsp3) is 0.421. The second-order valence-corrected chi connectivity index (χ2v) is 6.38. The minimum Gasteiger partial charge on any atom is -0.497 e. The number of carbonyl (C=O) groups is 2. The van der Waals surface area contributed by atoms with Crippen molar-refractivity contribution in [1.82, 2.24) is 10.1 Å². The number of hydrogen-bond acceptors (Lipinski definition) is 5. The number of benzene rings is 1. The molecular formula is C19H22N2O4. The molecule has 2 aromatic rings. The van der Waals surface area contributed by atoms with E-state index in [4.69, 9.17) is 9.26 Å². The Bertz CT molecular complexity index is 760. The maximum atomic E-state index is 12.8. The van der Waals surface area contributed by atoms with Gasteiger partial charge in [0.15, 0.2) is 5.78 Å². The topological polar surface area (TPSA) is 72.6 Å². The molecule has 0 unspecified atom stereocenters. The van der Waals surface area contributed by atoms with Crippen molar-refractivity contribution in [2.45, 2.75) is 26.7 Å². The molecule has 0 N–H and O–H groups in total. The van der Waals surface area contributed by atoms with E-state index in [1.54, 1.807) is 50.1 Å². The summed E-state index contributed by atoms with van der Waals surface area (Å²) in [6.07, 6.45) is 1.60. The van der Waals surface area contributed by atoms with E-state index in [1.807, 2.05) is 0 Å². The van der Waals surface area contributed by atoms with Gasteiger partial charge >= 0.3 is 0 Å². The normalized spacial score (nSPS) is 17.4. The second-order valence-electron chi connectivity index (χ2n) is 6.38. The lowest BCUT2D eigenvalue weighted by molar-refractivity contribution is 0.0635. The summed E-state index contributed by atoms with van der Waals surface area (Å²) in [5.74, 6) is 1.01. The summed E-state index contributed by atoms with van der Waals surface area (Å²) in [6, 6.07) is 7.11. The fourth-order valence-electron chi connectivity index (χ4n) is 3.31. The standard InChI is InChI=1S/C19H22N2O4/c1-12-17(13(2)25-20-12)19(23)21-10-4-5-15(11-21)18(22)14-6-8-16(24-3)9-7-14/h6-9,15H,4-5,10-11H2,1-3H3/t15-/m1/s1. The molecule has 0 radical (unpaired) electrons. The van der Waals surface area contributed by atoms with Gasteiger partial charge in [-0.15, -0.1) is 0 Å². The van der Waals surface area contributed by atoms with Crippen LogP contribution in [0, 0.1) is 19.8 Å². The third-order valence-electron chi connectivity index (χ3n) is 4.70. The maximum Gasteiger partial charge on any atom is 0.259 e. The van der Waals surface area contributed by atoms with E-state index >= 15 is 0 Å². The van der Waals surface area contributed by atoms with E-state index in [-0.39, 0.29) is 17.6 Å². The number of carbonyl (C=O) groups excluding carboxylic acids is 2. The van der Waals surface area contributed by atoms with E-state index in [0.717, 1.165) is 18.6 Å². The molecule has 6 nitrogen and oxygen atoms in total. The van der Waals surface area contributed by atoms with Gasteiger partial charge in [-0.3, -0.25) is 9.59 Å². The minimum atomic E-state index is -0.188. The first-order valence-electron chi connectivity index (χ1n) is 8.41. The number of hydrogen-bond donors (Lipinski definition) is 0. The van der Waals surface area contributed by atoms with Gasteiger partial charge in [-0.25, -0.2) is 0 Å². The zero-order chi connectivity index (χ0) is 18.0. The largest absolute Gasteiger partial charge is 0.497 e. The van der Waals surface area contributed by atoms with Crippen LogP contribution < -0.4 is 4.74 Å². The number of ketones is 1. The monoisotopic (exact) mass is 342 g/mol. The molecule has 0 spiro atoms. The Morgan fingerprint density at radius 3 is 2.56 bits per heavy atom. The molecule has 1 aromatic carbocycles. The van der Waals surface area contributed by atoms with E-state index in [1.165, 1.54) is 0 Å². The first-order chi connectivity index (χ1) is 12.0. The Balaban J connectivity index is 1.74. The number of likely N-dealkylation sites (tertiary alicyclic amines) is 1. The van der Waals surface area contributed by atoms with Crippen molar-refractivity contribution in [3.8, 4) is 5.75 Å². The van der Waals surface area contributed by atoms with Gasteiger partial charge in [-0.05, 0) is 51.0 Å². The SMILES string of the molecule is COc1ccc(C(=O)[C@@H]2CCCN(C(=O)c3c(C)noc3C)C2)cc1. The van der Waals surface area contributed by atoms with Gasteiger partial charge < -0.3 is 14.2 Å². The summed E-state index contributed by atoms with van der Waals surface area (Å²) in [6.45, 7) is 4.56. The number of piperidine rings is 1. The maximum absolute atomic E-state index is 12.8. The molecule has 1 amide bonds. The van der Waals surface area contributed by atoms with Crippen LogP contribution in [0.2, 0.25) is 0 Å². The highest BCUT2D eigenvalue weighted by Crippen LogP contribution is 2.25. The van der Waals surface area contributed by atoms with Gasteiger partial charge in [0.2, 0.25) is 0 Å². The van der Waals surface area contributed by atoms with E-state index in [0.29, 0.717) is 35.7 Å². The summed E-state index contributed by atoms with van der Waals surface area (Å²) >= 11 is 0. The number of aryl methyl sites for hydroxylation is 2. The van der Waals surface area contributed by atoms with Crippen molar-refractivity contribution in [1.29, 1.82) is 0 Å². The number of rotatable bonds is 4. The van der Waals surface area contributed by atoms with Gasteiger partial charge in [0.25, 0.3) is 5.91 Å². The van der Waals surface area contributed by atoms with E-state index in [9.17, 15) is 9.59 Å². The summed E-state index contributed by atoms with van der Waals surface area (Å²) in [7, 11) is 1.59. The Kier molecular flexibility index (Phi) is 4.88. The van der Waals surface area contributed by atoms with Crippen LogP contribution >= 0.6 is 0 Å². The molecule has 1 aliphatic rings.